The monoisotopic (exact) mass is 272 g/mol. The molecule has 0 aliphatic rings. The van der Waals surface area contributed by atoms with Gasteiger partial charge in [0.25, 0.3) is 0 Å². The Bertz CT molecular complexity index is 399. The van der Waals surface area contributed by atoms with E-state index in [0.717, 1.165) is 9.35 Å². The van der Waals surface area contributed by atoms with Gasteiger partial charge < -0.3 is 10.1 Å². The Morgan fingerprint density at radius 1 is 1.64 bits per heavy atom. The number of aliphatic hydroxyl groups is 1. The molecule has 0 saturated carbocycles. The van der Waals surface area contributed by atoms with E-state index in [1.54, 1.807) is 23.7 Å². The SMILES string of the molecule is OC(Cc1ccsc1Br)c1ncc[nH]1. The Hall–Kier alpha value is -0.650. The summed E-state index contributed by atoms with van der Waals surface area (Å²) >= 11 is 5.05. The van der Waals surface area contributed by atoms with E-state index >= 15 is 0 Å². The Labute approximate surface area is 93.9 Å². The van der Waals surface area contributed by atoms with Crippen LogP contribution in [0.15, 0.2) is 27.6 Å². The molecular formula is C9H9BrN2OS. The Balaban J connectivity index is 2.09. The van der Waals surface area contributed by atoms with Gasteiger partial charge in [-0.1, -0.05) is 0 Å². The first-order chi connectivity index (χ1) is 6.77. The van der Waals surface area contributed by atoms with Crippen molar-refractivity contribution in [1.82, 2.24) is 9.97 Å². The number of hydrogen-bond acceptors (Lipinski definition) is 3. The van der Waals surface area contributed by atoms with Crippen molar-refractivity contribution in [2.45, 2.75) is 12.5 Å². The zero-order chi connectivity index (χ0) is 9.97. The van der Waals surface area contributed by atoms with Crippen LogP contribution < -0.4 is 0 Å². The van der Waals surface area contributed by atoms with Crippen molar-refractivity contribution in [1.29, 1.82) is 0 Å². The average Bonchev–Trinajstić information content (AvgIpc) is 2.77. The van der Waals surface area contributed by atoms with Gasteiger partial charge in [0.2, 0.25) is 0 Å². The number of nitrogens with zero attached hydrogens (tertiary/aromatic N) is 1. The van der Waals surface area contributed by atoms with Crippen molar-refractivity contribution in [2.24, 2.45) is 0 Å². The highest BCUT2D eigenvalue weighted by Crippen LogP contribution is 2.27. The van der Waals surface area contributed by atoms with E-state index in [0.29, 0.717) is 12.2 Å². The number of rotatable bonds is 3. The highest BCUT2D eigenvalue weighted by Gasteiger charge is 2.12. The predicted octanol–water partition coefficient (Wildman–Crippen LogP) is 2.51. The van der Waals surface area contributed by atoms with E-state index in [2.05, 4.69) is 25.9 Å². The molecule has 0 aliphatic carbocycles. The number of thiophene rings is 1. The van der Waals surface area contributed by atoms with Gasteiger partial charge in [-0.25, -0.2) is 4.98 Å². The van der Waals surface area contributed by atoms with Crippen LogP contribution in [0.1, 0.15) is 17.5 Å². The van der Waals surface area contributed by atoms with Crippen molar-refractivity contribution in [3.8, 4) is 0 Å². The molecule has 2 N–H and O–H groups in total. The summed E-state index contributed by atoms with van der Waals surface area (Å²) in [5, 5.41) is 11.8. The summed E-state index contributed by atoms with van der Waals surface area (Å²) in [7, 11) is 0. The molecule has 1 atom stereocenters. The van der Waals surface area contributed by atoms with E-state index in [1.807, 2.05) is 11.4 Å². The van der Waals surface area contributed by atoms with Gasteiger partial charge in [0.1, 0.15) is 11.9 Å². The third kappa shape index (κ3) is 2.05. The maximum absolute atomic E-state index is 9.80. The van der Waals surface area contributed by atoms with E-state index < -0.39 is 6.10 Å². The van der Waals surface area contributed by atoms with Crippen LogP contribution in [-0.4, -0.2) is 15.1 Å². The third-order valence-electron chi connectivity index (χ3n) is 1.94. The number of halogens is 1. The lowest BCUT2D eigenvalue weighted by Crippen LogP contribution is -2.03. The minimum Gasteiger partial charge on any atom is -0.385 e. The van der Waals surface area contributed by atoms with Crippen molar-refractivity contribution in [3.05, 3.63) is 39.0 Å². The molecular weight excluding hydrogens is 264 g/mol. The smallest absolute Gasteiger partial charge is 0.135 e. The molecule has 14 heavy (non-hydrogen) atoms. The maximum Gasteiger partial charge on any atom is 0.135 e. The van der Waals surface area contributed by atoms with Crippen LogP contribution in [0.4, 0.5) is 0 Å². The minimum atomic E-state index is -0.559. The number of aliphatic hydroxyl groups excluding tert-OH is 1. The second kappa shape index (κ2) is 4.25. The second-order valence-electron chi connectivity index (χ2n) is 2.91. The van der Waals surface area contributed by atoms with Crippen molar-refractivity contribution in [3.63, 3.8) is 0 Å². The number of nitrogens with one attached hydrogen (secondary N) is 1. The molecule has 5 heteroatoms. The minimum absolute atomic E-state index is 0.559. The van der Waals surface area contributed by atoms with Crippen LogP contribution in [0.3, 0.4) is 0 Å². The van der Waals surface area contributed by atoms with Crippen LogP contribution in [0.25, 0.3) is 0 Å². The predicted molar refractivity (Wildman–Crippen MR) is 59.3 cm³/mol. The fourth-order valence-electron chi connectivity index (χ4n) is 1.23. The molecule has 0 radical (unpaired) electrons. The quantitative estimate of drug-likeness (QED) is 0.902. The molecule has 2 rings (SSSR count). The van der Waals surface area contributed by atoms with Crippen LogP contribution in [0.5, 0.6) is 0 Å². The van der Waals surface area contributed by atoms with Gasteiger partial charge in [-0.2, -0.15) is 0 Å². The molecule has 1 unspecified atom stereocenters. The van der Waals surface area contributed by atoms with Gasteiger partial charge in [-0.15, -0.1) is 11.3 Å². The van der Waals surface area contributed by atoms with Crippen LogP contribution in [0, 0.1) is 0 Å². The van der Waals surface area contributed by atoms with Crippen molar-refractivity contribution < 1.29 is 5.11 Å². The van der Waals surface area contributed by atoms with E-state index in [9.17, 15) is 5.11 Å². The zero-order valence-electron chi connectivity index (χ0n) is 7.27. The molecule has 2 aromatic rings. The maximum atomic E-state index is 9.80. The third-order valence-corrected chi connectivity index (χ3v) is 3.75. The fraction of sp³-hybridized carbons (Fsp3) is 0.222. The lowest BCUT2D eigenvalue weighted by Gasteiger charge is -2.06. The summed E-state index contributed by atoms with van der Waals surface area (Å²) in [4.78, 5) is 6.90. The van der Waals surface area contributed by atoms with Crippen molar-refractivity contribution >= 4 is 27.3 Å². The van der Waals surface area contributed by atoms with Gasteiger partial charge in [0, 0.05) is 18.8 Å². The number of aromatic amines is 1. The molecule has 2 aromatic heterocycles. The fourth-order valence-corrected chi connectivity index (χ4v) is 2.50. The lowest BCUT2D eigenvalue weighted by molar-refractivity contribution is 0.169. The molecule has 0 amide bonds. The molecule has 0 saturated heterocycles. The summed E-state index contributed by atoms with van der Waals surface area (Å²) in [6.45, 7) is 0. The van der Waals surface area contributed by atoms with E-state index in [1.165, 1.54) is 0 Å². The van der Waals surface area contributed by atoms with Gasteiger partial charge in [0.05, 0.1) is 3.79 Å². The molecule has 3 nitrogen and oxygen atoms in total. The number of aromatic nitrogens is 2. The standard InChI is InChI=1S/C9H9BrN2OS/c10-8-6(1-4-14-8)5-7(13)9-11-2-3-12-9/h1-4,7,13H,5H2,(H,11,12). The second-order valence-corrected chi connectivity index (χ2v) is 5.15. The lowest BCUT2D eigenvalue weighted by atomic mass is 10.1. The van der Waals surface area contributed by atoms with Crippen LogP contribution in [0.2, 0.25) is 0 Å². The average molecular weight is 273 g/mol. The zero-order valence-corrected chi connectivity index (χ0v) is 9.68. The molecule has 0 fully saturated rings. The van der Waals surface area contributed by atoms with Crippen molar-refractivity contribution in [2.75, 3.05) is 0 Å². The summed E-state index contributed by atoms with van der Waals surface area (Å²) in [6, 6.07) is 2.00. The van der Waals surface area contributed by atoms with Gasteiger partial charge in [-0.3, -0.25) is 0 Å². The Kier molecular flexibility index (Phi) is 3.00. The first kappa shape index (κ1) is 9.89. The summed E-state index contributed by atoms with van der Waals surface area (Å²) in [5.41, 5.74) is 1.11. The summed E-state index contributed by atoms with van der Waals surface area (Å²) in [5.74, 6) is 0.614. The topological polar surface area (TPSA) is 48.9 Å². The van der Waals surface area contributed by atoms with E-state index in [-0.39, 0.29) is 0 Å². The van der Waals surface area contributed by atoms with Gasteiger partial charge >= 0.3 is 0 Å². The van der Waals surface area contributed by atoms with Gasteiger partial charge in [0.15, 0.2) is 0 Å². The largest absolute Gasteiger partial charge is 0.385 e. The number of imidazole rings is 1. The number of H-pyrrole nitrogens is 1. The van der Waals surface area contributed by atoms with Crippen LogP contribution in [-0.2, 0) is 6.42 Å². The molecule has 2 heterocycles. The molecule has 74 valence electrons. The van der Waals surface area contributed by atoms with Gasteiger partial charge in [-0.05, 0) is 32.9 Å². The van der Waals surface area contributed by atoms with Crippen LogP contribution >= 0.6 is 27.3 Å². The summed E-state index contributed by atoms with van der Waals surface area (Å²) in [6.07, 6.45) is 3.37. The first-order valence-corrected chi connectivity index (χ1v) is 5.84. The normalized spacial score (nSPS) is 13.0. The molecule has 0 aliphatic heterocycles. The Morgan fingerprint density at radius 2 is 2.50 bits per heavy atom. The molecule has 0 spiro atoms. The molecule has 0 bridgehead atoms. The van der Waals surface area contributed by atoms with E-state index in [4.69, 9.17) is 0 Å². The first-order valence-electron chi connectivity index (χ1n) is 4.16. The Morgan fingerprint density at radius 3 is 3.07 bits per heavy atom. The highest BCUT2D eigenvalue weighted by molar-refractivity contribution is 9.11. The number of hydrogen-bond donors (Lipinski definition) is 2. The highest BCUT2D eigenvalue weighted by atomic mass is 79.9. The summed E-state index contributed by atoms with van der Waals surface area (Å²) < 4.78 is 1.07. The molecule has 0 aromatic carbocycles.